The van der Waals surface area contributed by atoms with E-state index < -0.39 is 0 Å². The summed E-state index contributed by atoms with van der Waals surface area (Å²) >= 11 is 9.29. The molecule has 2 nitrogen and oxygen atoms in total. The molecule has 2 aromatic carbocycles. The van der Waals surface area contributed by atoms with Crippen LogP contribution in [0, 0.1) is 0 Å². The summed E-state index contributed by atoms with van der Waals surface area (Å²) in [4.78, 5) is 3.92. The van der Waals surface area contributed by atoms with Gasteiger partial charge < -0.3 is 4.74 Å². The zero-order valence-corrected chi connectivity index (χ0v) is 12.1. The van der Waals surface area contributed by atoms with E-state index in [0.717, 1.165) is 21.0 Å². The highest BCUT2D eigenvalue weighted by Crippen LogP contribution is 2.27. The molecule has 0 unspecified atom stereocenters. The lowest BCUT2D eigenvalue weighted by atomic mass is 10.1. The Balaban J connectivity index is 1.95. The molecule has 0 saturated carbocycles. The molecular weight excluding hydrogens is 326 g/mol. The van der Waals surface area contributed by atoms with Crippen LogP contribution in [0.15, 0.2) is 59.2 Å². The van der Waals surface area contributed by atoms with Crippen LogP contribution in [-0.4, -0.2) is 4.98 Å². The van der Waals surface area contributed by atoms with E-state index >= 15 is 0 Å². The standard InChI is InChI=1S/C15H9BrClNO/c16-12-3-1-11-8-13(4-2-10(11)7-12)19-14-5-6-18-15(17)9-14/h1-9H. The smallest absolute Gasteiger partial charge is 0.132 e. The highest BCUT2D eigenvalue weighted by atomic mass is 79.9. The van der Waals surface area contributed by atoms with E-state index in [-0.39, 0.29) is 0 Å². The highest BCUT2D eigenvalue weighted by Gasteiger charge is 2.01. The number of pyridine rings is 1. The van der Waals surface area contributed by atoms with Crippen molar-refractivity contribution in [1.29, 1.82) is 0 Å². The third-order valence-electron chi connectivity index (χ3n) is 2.71. The molecule has 3 aromatic rings. The second kappa shape index (κ2) is 5.19. The Morgan fingerprint density at radius 3 is 2.47 bits per heavy atom. The summed E-state index contributed by atoms with van der Waals surface area (Å²) in [7, 11) is 0. The molecule has 0 saturated heterocycles. The van der Waals surface area contributed by atoms with Crippen molar-refractivity contribution in [3.05, 3.63) is 64.4 Å². The molecule has 0 atom stereocenters. The molecule has 94 valence electrons. The summed E-state index contributed by atoms with van der Waals surface area (Å²) in [6.45, 7) is 0. The zero-order valence-electron chi connectivity index (χ0n) is 9.81. The normalized spacial score (nSPS) is 10.6. The lowest BCUT2D eigenvalue weighted by molar-refractivity contribution is 0.483. The SMILES string of the molecule is Clc1cc(Oc2ccc3cc(Br)ccc3c2)ccn1. The van der Waals surface area contributed by atoms with Gasteiger partial charge in [0, 0.05) is 16.7 Å². The molecule has 0 amide bonds. The summed E-state index contributed by atoms with van der Waals surface area (Å²) in [6.07, 6.45) is 1.62. The molecule has 4 heteroatoms. The van der Waals surface area contributed by atoms with Crippen LogP contribution in [0.3, 0.4) is 0 Å². The Hall–Kier alpha value is -1.58. The summed E-state index contributed by atoms with van der Waals surface area (Å²) in [6, 6.07) is 15.5. The van der Waals surface area contributed by atoms with Crippen molar-refractivity contribution < 1.29 is 4.74 Å². The summed E-state index contributed by atoms with van der Waals surface area (Å²) in [5.74, 6) is 1.45. The maximum atomic E-state index is 5.83. The number of fused-ring (bicyclic) bond motifs is 1. The summed E-state index contributed by atoms with van der Waals surface area (Å²) < 4.78 is 6.83. The van der Waals surface area contributed by atoms with Crippen LogP contribution in [0.2, 0.25) is 5.15 Å². The first-order valence-electron chi connectivity index (χ1n) is 5.69. The predicted octanol–water partition coefficient (Wildman–Crippen LogP) is 5.44. The average molecular weight is 335 g/mol. The second-order valence-electron chi connectivity index (χ2n) is 4.07. The fourth-order valence-corrected chi connectivity index (χ4v) is 2.39. The monoisotopic (exact) mass is 333 g/mol. The van der Waals surface area contributed by atoms with Gasteiger partial charge in [-0.05, 0) is 41.1 Å². The molecular formula is C15H9BrClNO. The van der Waals surface area contributed by atoms with Crippen molar-refractivity contribution in [2.24, 2.45) is 0 Å². The molecule has 1 heterocycles. The van der Waals surface area contributed by atoms with Crippen LogP contribution in [0.25, 0.3) is 10.8 Å². The molecule has 3 rings (SSSR count). The highest BCUT2D eigenvalue weighted by molar-refractivity contribution is 9.10. The third kappa shape index (κ3) is 2.88. The van der Waals surface area contributed by atoms with Gasteiger partial charge in [0.2, 0.25) is 0 Å². The minimum Gasteiger partial charge on any atom is -0.457 e. The van der Waals surface area contributed by atoms with Gasteiger partial charge in [-0.2, -0.15) is 0 Å². The first-order valence-corrected chi connectivity index (χ1v) is 6.86. The first kappa shape index (κ1) is 12.5. The maximum Gasteiger partial charge on any atom is 0.132 e. The van der Waals surface area contributed by atoms with Crippen LogP contribution in [0.1, 0.15) is 0 Å². The van der Waals surface area contributed by atoms with Gasteiger partial charge in [-0.3, -0.25) is 0 Å². The predicted molar refractivity (Wildman–Crippen MR) is 81.0 cm³/mol. The van der Waals surface area contributed by atoms with Crippen molar-refractivity contribution in [3.8, 4) is 11.5 Å². The number of rotatable bonds is 2. The molecule has 1 aromatic heterocycles. The Labute approximate surface area is 124 Å². The van der Waals surface area contributed by atoms with Crippen LogP contribution >= 0.6 is 27.5 Å². The maximum absolute atomic E-state index is 5.83. The molecule has 0 aliphatic carbocycles. The molecule has 0 aliphatic rings. The van der Waals surface area contributed by atoms with E-state index in [9.17, 15) is 0 Å². The quantitative estimate of drug-likeness (QED) is 0.582. The van der Waals surface area contributed by atoms with Crippen LogP contribution < -0.4 is 4.74 Å². The van der Waals surface area contributed by atoms with Crippen molar-refractivity contribution in [1.82, 2.24) is 4.98 Å². The number of halogens is 2. The van der Waals surface area contributed by atoms with Gasteiger partial charge in [0.05, 0.1) is 0 Å². The van der Waals surface area contributed by atoms with E-state index in [2.05, 4.69) is 27.0 Å². The van der Waals surface area contributed by atoms with Gasteiger partial charge in [-0.1, -0.05) is 39.7 Å². The van der Waals surface area contributed by atoms with E-state index in [0.29, 0.717) is 10.9 Å². The van der Waals surface area contributed by atoms with Crippen LogP contribution in [-0.2, 0) is 0 Å². The molecule has 0 aliphatic heterocycles. The molecule has 0 fully saturated rings. The van der Waals surface area contributed by atoms with Crippen LogP contribution in [0.4, 0.5) is 0 Å². The fourth-order valence-electron chi connectivity index (χ4n) is 1.84. The van der Waals surface area contributed by atoms with Crippen molar-refractivity contribution >= 4 is 38.3 Å². The number of benzene rings is 2. The van der Waals surface area contributed by atoms with Crippen molar-refractivity contribution in [2.75, 3.05) is 0 Å². The lowest BCUT2D eigenvalue weighted by Crippen LogP contribution is -1.85. The fraction of sp³-hybridized carbons (Fsp3) is 0. The Morgan fingerprint density at radius 1 is 0.895 bits per heavy atom. The first-order chi connectivity index (χ1) is 9.20. The third-order valence-corrected chi connectivity index (χ3v) is 3.41. The number of nitrogens with zero attached hydrogens (tertiary/aromatic N) is 1. The largest absolute Gasteiger partial charge is 0.457 e. The molecule has 19 heavy (non-hydrogen) atoms. The van der Waals surface area contributed by atoms with Gasteiger partial charge in [0.15, 0.2) is 0 Å². The Morgan fingerprint density at radius 2 is 1.63 bits per heavy atom. The topological polar surface area (TPSA) is 22.1 Å². The van der Waals surface area contributed by atoms with Crippen LogP contribution in [0.5, 0.6) is 11.5 Å². The minimum absolute atomic E-state index is 0.419. The van der Waals surface area contributed by atoms with Gasteiger partial charge >= 0.3 is 0 Å². The van der Waals surface area contributed by atoms with E-state index in [1.165, 1.54) is 0 Å². The molecule has 0 spiro atoms. The van der Waals surface area contributed by atoms with Gasteiger partial charge in [-0.15, -0.1) is 0 Å². The lowest BCUT2D eigenvalue weighted by Gasteiger charge is -2.07. The Bertz CT molecular complexity index is 745. The van der Waals surface area contributed by atoms with Gasteiger partial charge in [0.1, 0.15) is 16.7 Å². The molecule has 0 N–H and O–H groups in total. The molecule has 0 bridgehead atoms. The summed E-state index contributed by atoms with van der Waals surface area (Å²) in [5.41, 5.74) is 0. The number of hydrogen-bond donors (Lipinski definition) is 0. The second-order valence-corrected chi connectivity index (χ2v) is 5.37. The number of hydrogen-bond acceptors (Lipinski definition) is 2. The summed E-state index contributed by atoms with van der Waals surface area (Å²) in [5, 5.41) is 2.71. The van der Waals surface area contributed by atoms with E-state index in [1.54, 1.807) is 18.3 Å². The average Bonchev–Trinajstić information content (AvgIpc) is 2.39. The minimum atomic E-state index is 0.419. The van der Waals surface area contributed by atoms with E-state index in [1.807, 2.05) is 30.3 Å². The Kier molecular flexibility index (Phi) is 3.40. The van der Waals surface area contributed by atoms with E-state index in [4.69, 9.17) is 16.3 Å². The number of aromatic nitrogens is 1. The van der Waals surface area contributed by atoms with Crippen molar-refractivity contribution in [2.45, 2.75) is 0 Å². The van der Waals surface area contributed by atoms with Gasteiger partial charge in [-0.25, -0.2) is 4.98 Å². The van der Waals surface area contributed by atoms with Gasteiger partial charge in [0.25, 0.3) is 0 Å². The van der Waals surface area contributed by atoms with Crippen molar-refractivity contribution in [3.63, 3.8) is 0 Å². The zero-order chi connectivity index (χ0) is 13.2. The number of ether oxygens (including phenoxy) is 1. The molecule has 0 radical (unpaired) electrons.